The molecule has 1 fully saturated rings. The van der Waals surface area contributed by atoms with Gasteiger partial charge in [0.1, 0.15) is 0 Å². The zero-order valence-electron chi connectivity index (χ0n) is 13.9. The van der Waals surface area contributed by atoms with Crippen molar-refractivity contribution in [2.24, 2.45) is 5.92 Å². The fourth-order valence-corrected chi connectivity index (χ4v) is 2.51. The van der Waals surface area contributed by atoms with Crippen LogP contribution in [0.4, 0.5) is 16.2 Å². The minimum atomic E-state index is -0.531. The number of aliphatic hydroxyl groups is 1. The van der Waals surface area contributed by atoms with Gasteiger partial charge < -0.3 is 20.6 Å². The molecule has 3 N–H and O–H groups in total. The highest BCUT2D eigenvalue weighted by Crippen LogP contribution is 2.39. The van der Waals surface area contributed by atoms with E-state index in [0.717, 1.165) is 24.2 Å². The second kappa shape index (κ2) is 6.57. The summed E-state index contributed by atoms with van der Waals surface area (Å²) < 4.78 is 0. The summed E-state index contributed by atoms with van der Waals surface area (Å²) in [6.07, 6.45) is 2.12. The normalized spacial score (nSPS) is 17.0. The van der Waals surface area contributed by atoms with Crippen LogP contribution >= 0.6 is 0 Å². The van der Waals surface area contributed by atoms with Crippen LogP contribution in [0, 0.1) is 5.92 Å². The third-order valence-electron chi connectivity index (χ3n) is 4.49. The number of anilines is 2. The zero-order valence-corrected chi connectivity index (χ0v) is 13.9. The van der Waals surface area contributed by atoms with E-state index in [9.17, 15) is 9.90 Å². The van der Waals surface area contributed by atoms with Crippen molar-refractivity contribution >= 4 is 17.4 Å². The lowest BCUT2D eigenvalue weighted by Crippen LogP contribution is -2.52. The summed E-state index contributed by atoms with van der Waals surface area (Å²) in [6, 6.07) is 7.88. The van der Waals surface area contributed by atoms with Gasteiger partial charge >= 0.3 is 6.03 Å². The summed E-state index contributed by atoms with van der Waals surface area (Å²) in [5.74, 6) is 0.377. The molecule has 2 rings (SSSR count). The minimum absolute atomic E-state index is 0.0405. The SMILES string of the molecule is CC(C)N(C)c1cccc(NC(=O)N[C@@](C)(CO)C2CC2)c1. The van der Waals surface area contributed by atoms with E-state index in [-0.39, 0.29) is 12.6 Å². The van der Waals surface area contributed by atoms with Crippen LogP contribution in [0.2, 0.25) is 0 Å². The molecule has 0 spiro atoms. The smallest absolute Gasteiger partial charge is 0.319 e. The van der Waals surface area contributed by atoms with Gasteiger partial charge in [-0.2, -0.15) is 0 Å². The van der Waals surface area contributed by atoms with Crippen LogP contribution in [-0.2, 0) is 0 Å². The first-order valence-corrected chi connectivity index (χ1v) is 7.88. The highest BCUT2D eigenvalue weighted by molar-refractivity contribution is 5.90. The summed E-state index contributed by atoms with van der Waals surface area (Å²) in [5.41, 5.74) is 1.27. The van der Waals surface area contributed by atoms with Crippen LogP contribution in [0.25, 0.3) is 0 Å². The van der Waals surface area contributed by atoms with Gasteiger partial charge in [0.2, 0.25) is 0 Å². The number of urea groups is 1. The number of hydrogen-bond acceptors (Lipinski definition) is 3. The minimum Gasteiger partial charge on any atom is -0.394 e. The standard InChI is InChI=1S/C17H27N3O2/c1-12(2)20(4)15-7-5-6-14(10-15)18-16(22)19-17(3,11-21)13-8-9-13/h5-7,10,12-13,21H,8-9,11H2,1-4H3,(H2,18,19,22)/t17-/m0/s1. The Labute approximate surface area is 132 Å². The molecule has 1 aromatic rings. The van der Waals surface area contributed by atoms with E-state index in [4.69, 9.17) is 0 Å². The summed E-state index contributed by atoms with van der Waals surface area (Å²) >= 11 is 0. The largest absolute Gasteiger partial charge is 0.394 e. The topological polar surface area (TPSA) is 64.6 Å². The molecule has 5 heteroatoms. The van der Waals surface area contributed by atoms with Gasteiger partial charge in [0.15, 0.2) is 0 Å². The molecule has 0 aromatic heterocycles. The van der Waals surface area contributed by atoms with Crippen molar-refractivity contribution < 1.29 is 9.90 Å². The molecule has 1 aliphatic carbocycles. The van der Waals surface area contributed by atoms with E-state index < -0.39 is 5.54 Å². The fraction of sp³-hybridized carbons (Fsp3) is 0.588. The molecule has 5 nitrogen and oxygen atoms in total. The summed E-state index contributed by atoms with van der Waals surface area (Å²) in [4.78, 5) is 14.3. The molecule has 122 valence electrons. The summed E-state index contributed by atoms with van der Waals surface area (Å²) in [5, 5.41) is 15.3. The van der Waals surface area contributed by atoms with E-state index in [1.54, 1.807) is 0 Å². The van der Waals surface area contributed by atoms with Crippen molar-refractivity contribution in [2.75, 3.05) is 23.9 Å². The van der Waals surface area contributed by atoms with Crippen molar-refractivity contribution in [1.82, 2.24) is 5.32 Å². The highest BCUT2D eigenvalue weighted by Gasteiger charge is 2.42. The van der Waals surface area contributed by atoms with E-state index in [1.807, 2.05) is 38.2 Å². The number of nitrogens with zero attached hydrogens (tertiary/aromatic N) is 1. The van der Waals surface area contributed by atoms with Crippen molar-refractivity contribution in [3.8, 4) is 0 Å². The Morgan fingerprint density at radius 3 is 2.68 bits per heavy atom. The zero-order chi connectivity index (χ0) is 16.3. The molecule has 0 radical (unpaired) electrons. The second-order valence-electron chi connectivity index (χ2n) is 6.68. The first-order valence-electron chi connectivity index (χ1n) is 7.88. The van der Waals surface area contributed by atoms with Crippen LogP contribution in [0.5, 0.6) is 0 Å². The number of carbonyl (C=O) groups excluding carboxylic acids is 1. The number of nitrogens with one attached hydrogen (secondary N) is 2. The maximum Gasteiger partial charge on any atom is 0.319 e. The Morgan fingerprint density at radius 1 is 1.45 bits per heavy atom. The van der Waals surface area contributed by atoms with Crippen LogP contribution in [0.1, 0.15) is 33.6 Å². The van der Waals surface area contributed by atoms with Crippen LogP contribution < -0.4 is 15.5 Å². The molecule has 1 aromatic carbocycles. The average molecular weight is 305 g/mol. The number of carbonyl (C=O) groups is 1. The Hall–Kier alpha value is -1.75. The molecule has 1 atom stereocenters. The van der Waals surface area contributed by atoms with Gasteiger partial charge in [-0.05, 0) is 57.7 Å². The van der Waals surface area contributed by atoms with E-state index >= 15 is 0 Å². The number of benzene rings is 1. The molecule has 1 aliphatic rings. The second-order valence-corrected chi connectivity index (χ2v) is 6.68. The molecule has 0 saturated heterocycles. The van der Waals surface area contributed by atoms with E-state index in [1.165, 1.54) is 0 Å². The fourth-order valence-electron chi connectivity index (χ4n) is 2.51. The molecule has 0 bridgehead atoms. The molecular formula is C17H27N3O2. The highest BCUT2D eigenvalue weighted by atomic mass is 16.3. The molecule has 22 heavy (non-hydrogen) atoms. The van der Waals surface area contributed by atoms with Crippen LogP contribution in [-0.4, -0.2) is 36.4 Å². The molecule has 0 unspecified atom stereocenters. The Morgan fingerprint density at radius 2 is 2.14 bits per heavy atom. The number of rotatable bonds is 6. The Balaban J connectivity index is 2.01. The van der Waals surface area contributed by atoms with Crippen molar-refractivity contribution in [3.05, 3.63) is 24.3 Å². The molecule has 0 heterocycles. The third kappa shape index (κ3) is 3.91. The summed E-state index contributed by atoms with van der Waals surface area (Å²) in [6.45, 7) is 6.10. The Kier molecular flexibility index (Phi) is 4.96. The van der Waals surface area contributed by atoms with Crippen molar-refractivity contribution in [1.29, 1.82) is 0 Å². The predicted octanol–water partition coefficient (Wildman–Crippen LogP) is 2.81. The first-order chi connectivity index (χ1) is 10.4. The predicted molar refractivity (Wildman–Crippen MR) is 90.4 cm³/mol. The van der Waals surface area contributed by atoms with E-state index in [2.05, 4.69) is 29.4 Å². The van der Waals surface area contributed by atoms with Crippen LogP contribution in [0.3, 0.4) is 0 Å². The van der Waals surface area contributed by atoms with Crippen molar-refractivity contribution in [3.63, 3.8) is 0 Å². The van der Waals surface area contributed by atoms with Gasteiger partial charge in [0, 0.05) is 24.5 Å². The lowest BCUT2D eigenvalue weighted by molar-refractivity contribution is 0.159. The van der Waals surface area contributed by atoms with Crippen molar-refractivity contribution in [2.45, 2.75) is 45.2 Å². The summed E-state index contributed by atoms with van der Waals surface area (Å²) in [7, 11) is 2.03. The number of aliphatic hydroxyl groups excluding tert-OH is 1. The lowest BCUT2D eigenvalue weighted by atomic mass is 9.97. The first kappa shape index (κ1) is 16.6. The van der Waals surface area contributed by atoms with E-state index in [0.29, 0.717) is 12.0 Å². The Bertz CT molecular complexity index is 528. The molecule has 0 aliphatic heterocycles. The van der Waals surface area contributed by atoms with Gasteiger partial charge in [-0.15, -0.1) is 0 Å². The maximum atomic E-state index is 12.2. The van der Waals surface area contributed by atoms with Gasteiger partial charge in [0.05, 0.1) is 12.1 Å². The maximum absolute atomic E-state index is 12.2. The molecule has 1 saturated carbocycles. The number of hydrogen-bond donors (Lipinski definition) is 3. The van der Waals surface area contributed by atoms with Gasteiger partial charge in [0.25, 0.3) is 0 Å². The lowest BCUT2D eigenvalue weighted by Gasteiger charge is -2.29. The van der Waals surface area contributed by atoms with Gasteiger partial charge in [-0.3, -0.25) is 0 Å². The van der Waals surface area contributed by atoms with Gasteiger partial charge in [-0.25, -0.2) is 4.79 Å². The quantitative estimate of drug-likeness (QED) is 0.757. The number of amides is 2. The average Bonchev–Trinajstić information content (AvgIpc) is 3.31. The third-order valence-corrected chi connectivity index (χ3v) is 4.49. The monoisotopic (exact) mass is 305 g/mol. The molecular weight excluding hydrogens is 278 g/mol. The van der Waals surface area contributed by atoms with Crippen LogP contribution in [0.15, 0.2) is 24.3 Å². The molecule has 2 amide bonds. The van der Waals surface area contributed by atoms with Gasteiger partial charge in [-0.1, -0.05) is 6.07 Å².